The topological polar surface area (TPSA) is 14.2 Å². The smallest absolute Gasteiger partial charge is 0.138 e. The largest absolute Gasteiger partial charge is 0.456 e. The Labute approximate surface area is 335 Å². The SMILES string of the molecule is c1ccc(-n2c3cc(-c4ccc5c(c4)CC(c4cc6ccccc6c6ccccc46)c4ccccc4-5)ccc3c3c4cccc5c4c(cc32)Oc2ccccc2-5)cc1. The van der Waals surface area contributed by atoms with Gasteiger partial charge in [0.15, 0.2) is 0 Å². The van der Waals surface area contributed by atoms with Crippen molar-refractivity contribution in [2.45, 2.75) is 12.3 Å². The number of para-hydroxylation sites is 2. The summed E-state index contributed by atoms with van der Waals surface area (Å²) in [5.74, 6) is 2.04. The zero-order valence-electron chi connectivity index (χ0n) is 31.6. The van der Waals surface area contributed by atoms with E-state index in [4.69, 9.17) is 4.74 Å². The molecule has 0 bridgehead atoms. The minimum Gasteiger partial charge on any atom is -0.456 e. The molecule has 0 spiro atoms. The zero-order valence-corrected chi connectivity index (χ0v) is 31.6. The van der Waals surface area contributed by atoms with Gasteiger partial charge in [-0.05, 0) is 108 Å². The van der Waals surface area contributed by atoms with E-state index in [1.165, 1.54) is 93.1 Å². The van der Waals surface area contributed by atoms with Crippen LogP contribution >= 0.6 is 0 Å². The molecule has 1 aromatic heterocycles. The predicted octanol–water partition coefficient (Wildman–Crippen LogP) is 15.0. The molecule has 1 unspecified atom stereocenters. The highest BCUT2D eigenvalue weighted by atomic mass is 16.5. The van der Waals surface area contributed by atoms with Gasteiger partial charge >= 0.3 is 0 Å². The van der Waals surface area contributed by atoms with Crippen LogP contribution < -0.4 is 4.74 Å². The van der Waals surface area contributed by atoms with Crippen molar-refractivity contribution in [1.82, 2.24) is 4.57 Å². The van der Waals surface area contributed by atoms with Crippen LogP contribution in [-0.2, 0) is 6.42 Å². The number of rotatable bonds is 3. The number of nitrogens with zero attached hydrogens (tertiary/aromatic N) is 1. The molecule has 270 valence electrons. The molecule has 0 saturated heterocycles. The molecule has 0 N–H and O–H groups in total. The Hall–Kier alpha value is -7.42. The molecule has 2 heterocycles. The fourth-order valence-corrected chi connectivity index (χ4v) is 10.4. The van der Waals surface area contributed by atoms with Crippen molar-refractivity contribution in [3.8, 4) is 50.6 Å². The Kier molecular flexibility index (Phi) is 6.59. The van der Waals surface area contributed by atoms with Gasteiger partial charge in [-0.15, -0.1) is 0 Å². The van der Waals surface area contributed by atoms with E-state index in [-0.39, 0.29) is 5.92 Å². The standard InChI is InChI=1S/C56H35NO/c1-2-14-38(15-3-1)57-51-32-35(26-28-47(51)55-48-23-12-22-46-45-21-10-11-24-53(45)58-54(56(46)48)33-52(55)57)34-25-27-40-37(29-34)31-50(44-20-9-7-18-42(40)44)49-30-36-13-4-5-16-39(36)41-17-6-8-19-43(41)49/h1-30,32-33,50H,31H2. The zero-order chi connectivity index (χ0) is 37.9. The van der Waals surface area contributed by atoms with Gasteiger partial charge < -0.3 is 9.30 Å². The maximum Gasteiger partial charge on any atom is 0.138 e. The molecular weight excluding hydrogens is 703 g/mol. The minimum atomic E-state index is 0.236. The van der Waals surface area contributed by atoms with Crippen LogP contribution in [0.3, 0.4) is 0 Å². The molecule has 13 rings (SSSR count). The van der Waals surface area contributed by atoms with E-state index < -0.39 is 0 Å². The molecule has 2 heteroatoms. The number of fused-ring (bicyclic) bond motifs is 12. The molecule has 0 fully saturated rings. The van der Waals surface area contributed by atoms with Crippen molar-refractivity contribution in [2.24, 2.45) is 0 Å². The van der Waals surface area contributed by atoms with Gasteiger partial charge in [0.2, 0.25) is 0 Å². The quantitative estimate of drug-likeness (QED) is 0.165. The normalized spacial score (nSPS) is 14.1. The molecule has 0 saturated carbocycles. The average molecular weight is 738 g/mol. The molecule has 0 amide bonds. The lowest BCUT2D eigenvalue weighted by atomic mass is 9.74. The predicted molar refractivity (Wildman–Crippen MR) is 242 cm³/mol. The Balaban J connectivity index is 1.01. The first-order valence-corrected chi connectivity index (χ1v) is 20.3. The lowest BCUT2D eigenvalue weighted by molar-refractivity contribution is 0.487. The summed E-state index contributed by atoms with van der Waals surface area (Å²) < 4.78 is 9.11. The molecule has 0 radical (unpaired) electrons. The van der Waals surface area contributed by atoms with Gasteiger partial charge in [0.05, 0.1) is 11.0 Å². The molecule has 2 nitrogen and oxygen atoms in total. The fourth-order valence-electron chi connectivity index (χ4n) is 10.4. The van der Waals surface area contributed by atoms with E-state index in [9.17, 15) is 0 Å². The summed E-state index contributed by atoms with van der Waals surface area (Å²) in [5.41, 5.74) is 15.1. The summed E-state index contributed by atoms with van der Waals surface area (Å²) in [6.07, 6.45) is 0.939. The number of aromatic nitrogens is 1. The maximum absolute atomic E-state index is 6.69. The second-order valence-corrected chi connectivity index (χ2v) is 15.9. The van der Waals surface area contributed by atoms with Crippen molar-refractivity contribution >= 4 is 54.1 Å². The highest BCUT2D eigenvalue weighted by molar-refractivity contribution is 6.25. The Morgan fingerprint density at radius 3 is 2.02 bits per heavy atom. The van der Waals surface area contributed by atoms with E-state index >= 15 is 0 Å². The van der Waals surface area contributed by atoms with Crippen LogP contribution in [-0.4, -0.2) is 4.57 Å². The monoisotopic (exact) mass is 737 g/mol. The van der Waals surface area contributed by atoms with Gasteiger partial charge in [-0.1, -0.05) is 158 Å². The van der Waals surface area contributed by atoms with Crippen LogP contribution in [0.25, 0.3) is 93.2 Å². The van der Waals surface area contributed by atoms with E-state index in [1.807, 2.05) is 0 Å². The number of hydrogen-bond acceptors (Lipinski definition) is 1. The van der Waals surface area contributed by atoms with Crippen molar-refractivity contribution < 1.29 is 4.74 Å². The molecule has 58 heavy (non-hydrogen) atoms. The second kappa shape index (κ2) is 12.0. The van der Waals surface area contributed by atoms with Gasteiger partial charge in [0.1, 0.15) is 11.5 Å². The average Bonchev–Trinajstić information content (AvgIpc) is 3.62. The summed E-state index contributed by atoms with van der Waals surface area (Å²) in [5, 5.41) is 10.1. The first kappa shape index (κ1) is 31.7. The second-order valence-electron chi connectivity index (χ2n) is 15.9. The van der Waals surface area contributed by atoms with Crippen LogP contribution in [0.4, 0.5) is 0 Å². The van der Waals surface area contributed by atoms with Gasteiger partial charge in [-0.2, -0.15) is 0 Å². The molecule has 1 aliphatic carbocycles. The van der Waals surface area contributed by atoms with Crippen molar-refractivity contribution in [3.63, 3.8) is 0 Å². The van der Waals surface area contributed by atoms with E-state index in [0.717, 1.165) is 34.7 Å². The Morgan fingerprint density at radius 2 is 1.10 bits per heavy atom. The first-order valence-electron chi connectivity index (χ1n) is 20.3. The van der Waals surface area contributed by atoms with Crippen molar-refractivity contribution in [1.29, 1.82) is 0 Å². The van der Waals surface area contributed by atoms with Gasteiger partial charge in [0.25, 0.3) is 0 Å². The molecule has 1 aliphatic heterocycles. The summed E-state index contributed by atoms with van der Waals surface area (Å²) in [7, 11) is 0. The Bertz CT molecular complexity index is 3520. The molecular formula is C56H35NO. The third-order valence-electron chi connectivity index (χ3n) is 12.9. The van der Waals surface area contributed by atoms with Gasteiger partial charge in [-0.25, -0.2) is 0 Å². The number of ether oxygens (including phenoxy) is 1. The highest BCUT2D eigenvalue weighted by Gasteiger charge is 2.29. The van der Waals surface area contributed by atoms with Crippen LogP contribution in [0.5, 0.6) is 11.5 Å². The minimum absolute atomic E-state index is 0.236. The van der Waals surface area contributed by atoms with Crippen LogP contribution in [0.1, 0.15) is 22.6 Å². The lowest BCUT2D eigenvalue weighted by Gasteiger charge is -2.30. The first-order chi connectivity index (χ1) is 28.8. The van der Waals surface area contributed by atoms with E-state index in [1.54, 1.807) is 0 Å². The molecule has 1 atom stereocenters. The fraction of sp³-hybridized carbons (Fsp3) is 0.0357. The maximum atomic E-state index is 6.69. The van der Waals surface area contributed by atoms with Crippen molar-refractivity contribution in [3.05, 3.63) is 211 Å². The van der Waals surface area contributed by atoms with Crippen LogP contribution in [0, 0.1) is 0 Å². The van der Waals surface area contributed by atoms with Gasteiger partial charge in [0, 0.05) is 39.4 Å². The highest BCUT2D eigenvalue weighted by Crippen LogP contribution is 2.51. The number of benzene rings is 10. The van der Waals surface area contributed by atoms with Crippen LogP contribution in [0.15, 0.2) is 194 Å². The summed E-state index contributed by atoms with van der Waals surface area (Å²) in [4.78, 5) is 0. The molecule has 11 aromatic rings. The van der Waals surface area contributed by atoms with E-state index in [0.29, 0.717) is 0 Å². The van der Waals surface area contributed by atoms with Crippen molar-refractivity contribution in [2.75, 3.05) is 0 Å². The summed E-state index contributed by atoms with van der Waals surface area (Å²) in [6.45, 7) is 0. The van der Waals surface area contributed by atoms with Gasteiger partial charge in [-0.3, -0.25) is 0 Å². The summed E-state index contributed by atoms with van der Waals surface area (Å²) in [6, 6.07) is 71.6. The third-order valence-corrected chi connectivity index (χ3v) is 12.9. The van der Waals surface area contributed by atoms with Crippen LogP contribution in [0.2, 0.25) is 0 Å². The third kappa shape index (κ3) is 4.49. The number of hydrogen-bond donors (Lipinski definition) is 0. The lowest BCUT2D eigenvalue weighted by Crippen LogP contribution is -2.13. The molecule has 10 aromatic carbocycles. The summed E-state index contributed by atoms with van der Waals surface area (Å²) >= 11 is 0. The molecule has 2 aliphatic rings. The Morgan fingerprint density at radius 1 is 0.397 bits per heavy atom. The van der Waals surface area contributed by atoms with E-state index in [2.05, 4.69) is 199 Å².